The van der Waals surface area contributed by atoms with Crippen LogP contribution < -0.4 is 10.1 Å². The zero-order valence-electron chi connectivity index (χ0n) is 12.3. The second kappa shape index (κ2) is 7.45. The molecule has 0 spiro atoms. The van der Waals surface area contributed by atoms with E-state index in [4.69, 9.17) is 0 Å². The van der Waals surface area contributed by atoms with Gasteiger partial charge in [0.15, 0.2) is 0 Å². The Kier molecular flexibility index (Phi) is 5.59. The molecule has 124 valence electrons. The lowest BCUT2D eigenvalue weighted by atomic mass is 10.1. The third-order valence-electron chi connectivity index (χ3n) is 2.93. The summed E-state index contributed by atoms with van der Waals surface area (Å²) in [5.41, 5.74) is 1.58. The number of nitrogens with zero attached hydrogens (tertiary/aromatic N) is 1. The van der Waals surface area contributed by atoms with Crippen LogP contribution in [0.2, 0.25) is 0 Å². The molecule has 23 heavy (non-hydrogen) atoms. The third kappa shape index (κ3) is 6.27. The van der Waals surface area contributed by atoms with E-state index in [0.717, 1.165) is 16.3 Å². The number of aryl methyl sites for hydroxylation is 2. The highest BCUT2D eigenvalue weighted by molar-refractivity contribution is 7.09. The van der Waals surface area contributed by atoms with E-state index in [2.05, 4.69) is 15.0 Å². The van der Waals surface area contributed by atoms with Crippen molar-refractivity contribution in [3.05, 3.63) is 45.9 Å². The number of nitrogens with one attached hydrogen (secondary N) is 1. The van der Waals surface area contributed by atoms with Gasteiger partial charge in [0.2, 0.25) is 5.91 Å². The summed E-state index contributed by atoms with van der Waals surface area (Å²) in [6.45, 7) is 2.27. The maximum absolute atomic E-state index is 12.0. The molecule has 0 atom stereocenters. The smallest absolute Gasteiger partial charge is 0.406 e. The van der Waals surface area contributed by atoms with Gasteiger partial charge in [0.25, 0.3) is 0 Å². The minimum absolute atomic E-state index is 0.133. The Morgan fingerprint density at radius 2 is 2.00 bits per heavy atom. The number of aromatic nitrogens is 1. The number of benzene rings is 1. The standard InChI is InChI=1S/C15H15F3N2O2S/c1-10-20-12(9-23-10)8-19-14(21)7-4-11-2-5-13(6-3-11)22-15(16,17)18/h2-3,5-6,9H,4,7-8H2,1H3,(H,19,21). The predicted molar refractivity (Wildman–Crippen MR) is 80.1 cm³/mol. The quantitative estimate of drug-likeness (QED) is 0.871. The minimum atomic E-state index is -4.70. The van der Waals surface area contributed by atoms with Crippen molar-refractivity contribution < 1.29 is 22.7 Å². The summed E-state index contributed by atoms with van der Waals surface area (Å²) in [5.74, 6) is -0.407. The summed E-state index contributed by atoms with van der Waals surface area (Å²) in [7, 11) is 0. The monoisotopic (exact) mass is 344 g/mol. The van der Waals surface area contributed by atoms with Crippen molar-refractivity contribution in [2.24, 2.45) is 0 Å². The Balaban J connectivity index is 1.75. The molecule has 1 N–H and O–H groups in total. The Morgan fingerprint density at radius 3 is 2.57 bits per heavy atom. The van der Waals surface area contributed by atoms with Gasteiger partial charge in [-0.05, 0) is 31.0 Å². The van der Waals surface area contributed by atoms with Gasteiger partial charge >= 0.3 is 6.36 Å². The molecule has 0 aliphatic rings. The van der Waals surface area contributed by atoms with Crippen molar-refractivity contribution in [3.63, 3.8) is 0 Å². The number of rotatable bonds is 6. The molecule has 1 heterocycles. The average molecular weight is 344 g/mol. The van der Waals surface area contributed by atoms with E-state index in [1.165, 1.54) is 35.6 Å². The van der Waals surface area contributed by atoms with Crippen LogP contribution in [0.25, 0.3) is 0 Å². The molecule has 0 radical (unpaired) electrons. The average Bonchev–Trinajstić information content (AvgIpc) is 2.88. The van der Waals surface area contributed by atoms with E-state index in [-0.39, 0.29) is 18.1 Å². The number of thiazole rings is 1. The first kappa shape index (κ1) is 17.3. The van der Waals surface area contributed by atoms with Gasteiger partial charge in [-0.2, -0.15) is 0 Å². The number of amides is 1. The maximum atomic E-state index is 12.0. The predicted octanol–water partition coefficient (Wildman–Crippen LogP) is 3.60. The van der Waals surface area contributed by atoms with Crippen molar-refractivity contribution in [1.82, 2.24) is 10.3 Å². The SMILES string of the molecule is Cc1nc(CNC(=O)CCc2ccc(OC(F)(F)F)cc2)cs1. The lowest BCUT2D eigenvalue weighted by molar-refractivity contribution is -0.274. The van der Waals surface area contributed by atoms with Crippen LogP contribution in [0.5, 0.6) is 5.75 Å². The van der Waals surface area contributed by atoms with Crippen LogP contribution in [0, 0.1) is 6.92 Å². The van der Waals surface area contributed by atoms with Crippen molar-refractivity contribution in [2.75, 3.05) is 0 Å². The van der Waals surface area contributed by atoms with E-state index < -0.39 is 6.36 Å². The van der Waals surface area contributed by atoms with Crippen LogP contribution in [0.3, 0.4) is 0 Å². The molecule has 0 saturated heterocycles. The molecular formula is C15H15F3N2O2S. The number of hydrogen-bond acceptors (Lipinski definition) is 4. The van der Waals surface area contributed by atoms with Gasteiger partial charge in [0.1, 0.15) is 5.75 Å². The second-order valence-electron chi connectivity index (χ2n) is 4.83. The molecule has 1 amide bonds. The van der Waals surface area contributed by atoms with Gasteiger partial charge in [-0.3, -0.25) is 4.79 Å². The fourth-order valence-electron chi connectivity index (χ4n) is 1.88. The summed E-state index contributed by atoms with van der Waals surface area (Å²) >= 11 is 1.52. The largest absolute Gasteiger partial charge is 0.573 e. The normalized spacial score (nSPS) is 11.3. The van der Waals surface area contributed by atoms with Crippen molar-refractivity contribution in [3.8, 4) is 5.75 Å². The molecule has 1 aromatic heterocycles. The fourth-order valence-corrected chi connectivity index (χ4v) is 2.50. The number of carbonyl (C=O) groups is 1. The van der Waals surface area contributed by atoms with Crippen molar-refractivity contribution in [1.29, 1.82) is 0 Å². The van der Waals surface area contributed by atoms with Crippen molar-refractivity contribution in [2.45, 2.75) is 32.7 Å². The Labute approximate surface area is 135 Å². The van der Waals surface area contributed by atoms with Gasteiger partial charge in [-0.15, -0.1) is 24.5 Å². The molecule has 1 aromatic carbocycles. The number of alkyl halides is 3. The first-order chi connectivity index (χ1) is 10.8. The summed E-state index contributed by atoms with van der Waals surface area (Å²) in [6.07, 6.45) is -4.01. The lowest BCUT2D eigenvalue weighted by Gasteiger charge is -2.09. The molecule has 4 nitrogen and oxygen atoms in total. The lowest BCUT2D eigenvalue weighted by Crippen LogP contribution is -2.23. The topological polar surface area (TPSA) is 51.2 Å². The Bertz CT molecular complexity index is 653. The van der Waals surface area contributed by atoms with Gasteiger partial charge in [0, 0.05) is 11.8 Å². The maximum Gasteiger partial charge on any atom is 0.573 e. The molecule has 2 rings (SSSR count). The van der Waals surface area contributed by atoms with Crippen LogP contribution in [-0.2, 0) is 17.8 Å². The van der Waals surface area contributed by atoms with E-state index >= 15 is 0 Å². The molecular weight excluding hydrogens is 329 g/mol. The zero-order valence-corrected chi connectivity index (χ0v) is 13.1. The summed E-state index contributed by atoms with van der Waals surface area (Å²) in [4.78, 5) is 16.0. The highest BCUT2D eigenvalue weighted by atomic mass is 32.1. The molecule has 0 aliphatic carbocycles. The van der Waals surface area contributed by atoms with Crippen LogP contribution in [0.15, 0.2) is 29.6 Å². The highest BCUT2D eigenvalue weighted by Gasteiger charge is 2.30. The fraction of sp³-hybridized carbons (Fsp3) is 0.333. The molecule has 0 saturated carbocycles. The molecule has 2 aromatic rings. The van der Waals surface area contributed by atoms with E-state index in [1.807, 2.05) is 12.3 Å². The van der Waals surface area contributed by atoms with Gasteiger partial charge < -0.3 is 10.1 Å². The summed E-state index contributed by atoms with van der Waals surface area (Å²) in [6, 6.07) is 5.49. The van der Waals surface area contributed by atoms with Crippen LogP contribution in [-0.4, -0.2) is 17.3 Å². The molecule has 0 aliphatic heterocycles. The van der Waals surface area contributed by atoms with Crippen LogP contribution >= 0.6 is 11.3 Å². The van der Waals surface area contributed by atoms with E-state index in [9.17, 15) is 18.0 Å². The highest BCUT2D eigenvalue weighted by Crippen LogP contribution is 2.23. The summed E-state index contributed by atoms with van der Waals surface area (Å²) in [5, 5.41) is 5.58. The number of halogens is 3. The Morgan fingerprint density at radius 1 is 1.30 bits per heavy atom. The van der Waals surface area contributed by atoms with Crippen LogP contribution in [0.4, 0.5) is 13.2 Å². The van der Waals surface area contributed by atoms with E-state index in [1.54, 1.807) is 0 Å². The number of carbonyl (C=O) groups excluding carboxylic acids is 1. The van der Waals surface area contributed by atoms with E-state index in [0.29, 0.717) is 13.0 Å². The second-order valence-corrected chi connectivity index (χ2v) is 5.89. The zero-order chi connectivity index (χ0) is 16.9. The molecule has 0 fully saturated rings. The van der Waals surface area contributed by atoms with Gasteiger partial charge in [0.05, 0.1) is 17.2 Å². The van der Waals surface area contributed by atoms with Crippen LogP contribution in [0.1, 0.15) is 22.7 Å². The van der Waals surface area contributed by atoms with Crippen molar-refractivity contribution >= 4 is 17.2 Å². The Hall–Kier alpha value is -2.09. The summed E-state index contributed by atoms with van der Waals surface area (Å²) < 4.78 is 39.9. The van der Waals surface area contributed by atoms with Gasteiger partial charge in [-0.25, -0.2) is 4.98 Å². The molecule has 0 bridgehead atoms. The third-order valence-corrected chi connectivity index (χ3v) is 3.75. The number of ether oxygens (including phenoxy) is 1. The minimum Gasteiger partial charge on any atom is -0.406 e. The molecule has 0 unspecified atom stereocenters. The molecule has 8 heteroatoms. The number of hydrogen-bond donors (Lipinski definition) is 1. The van der Waals surface area contributed by atoms with Gasteiger partial charge in [-0.1, -0.05) is 12.1 Å². The first-order valence-electron chi connectivity index (χ1n) is 6.84. The first-order valence-corrected chi connectivity index (χ1v) is 7.72.